The molecule has 140 valence electrons. The van der Waals surface area contributed by atoms with E-state index in [1.165, 1.54) is 17.4 Å². The summed E-state index contributed by atoms with van der Waals surface area (Å²) in [6, 6.07) is 3.68. The SMILES string of the molecule is Cc1nnc2sc(C(=O)NC3CN(c4ccc(F)c(F)c4)C3)c(N)c2c1C. The van der Waals surface area contributed by atoms with Gasteiger partial charge in [-0.2, -0.15) is 5.10 Å². The predicted molar refractivity (Wildman–Crippen MR) is 101 cm³/mol. The molecule has 3 N–H and O–H groups in total. The van der Waals surface area contributed by atoms with Crippen LogP contribution in [0.5, 0.6) is 0 Å². The van der Waals surface area contributed by atoms with E-state index in [1.807, 2.05) is 18.7 Å². The van der Waals surface area contributed by atoms with E-state index >= 15 is 0 Å². The molecule has 1 aromatic carbocycles. The van der Waals surface area contributed by atoms with Crippen LogP contribution in [0.25, 0.3) is 10.2 Å². The summed E-state index contributed by atoms with van der Waals surface area (Å²) in [5, 5.41) is 11.9. The van der Waals surface area contributed by atoms with Crippen molar-refractivity contribution in [1.82, 2.24) is 15.5 Å². The molecule has 9 heteroatoms. The summed E-state index contributed by atoms with van der Waals surface area (Å²) >= 11 is 1.22. The highest BCUT2D eigenvalue weighted by atomic mass is 32.1. The van der Waals surface area contributed by atoms with Gasteiger partial charge in [-0.05, 0) is 31.5 Å². The van der Waals surface area contributed by atoms with Crippen LogP contribution in [0.2, 0.25) is 0 Å². The molecule has 2 aromatic heterocycles. The number of aryl methyl sites for hydroxylation is 2. The number of nitrogen functional groups attached to an aromatic ring is 1. The molecule has 1 aliphatic rings. The lowest BCUT2D eigenvalue weighted by Gasteiger charge is -2.41. The number of fused-ring (bicyclic) bond motifs is 1. The molecule has 1 fully saturated rings. The number of nitrogens with two attached hydrogens (primary N) is 1. The van der Waals surface area contributed by atoms with Crippen LogP contribution in [-0.4, -0.2) is 35.2 Å². The van der Waals surface area contributed by atoms with Gasteiger partial charge in [-0.1, -0.05) is 0 Å². The van der Waals surface area contributed by atoms with Gasteiger partial charge in [0.25, 0.3) is 5.91 Å². The first-order chi connectivity index (χ1) is 12.8. The van der Waals surface area contributed by atoms with E-state index in [1.54, 1.807) is 0 Å². The van der Waals surface area contributed by atoms with Gasteiger partial charge in [-0.15, -0.1) is 16.4 Å². The third kappa shape index (κ3) is 2.97. The van der Waals surface area contributed by atoms with Gasteiger partial charge < -0.3 is 16.0 Å². The Morgan fingerprint density at radius 2 is 2.00 bits per heavy atom. The summed E-state index contributed by atoms with van der Waals surface area (Å²) in [4.78, 5) is 15.5. The highest BCUT2D eigenvalue weighted by Gasteiger charge is 2.30. The van der Waals surface area contributed by atoms with Crippen molar-refractivity contribution >= 4 is 38.8 Å². The molecule has 0 saturated carbocycles. The van der Waals surface area contributed by atoms with Crippen LogP contribution in [0, 0.1) is 25.5 Å². The van der Waals surface area contributed by atoms with Gasteiger partial charge in [0.05, 0.1) is 17.4 Å². The molecule has 3 aromatic rings. The summed E-state index contributed by atoms with van der Waals surface area (Å²) in [6.07, 6.45) is 0. The fourth-order valence-corrected chi connectivity index (χ4v) is 4.13. The van der Waals surface area contributed by atoms with Crippen molar-refractivity contribution in [3.8, 4) is 0 Å². The summed E-state index contributed by atoms with van der Waals surface area (Å²) < 4.78 is 26.4. The molecule has 27 heavy (non-hydrogen) atoms. The summed E-state index contributed by atoms with van der Waals surface area (Å²) in [7, 11) is 0. The van der Waals surface area contributed by atoms with Crippen LogP contribution in [0.15, 0.2) is 18.2 Å². The average Bonchev–Trinajstić information content (AvgIpc) is 2.94. The molecule has 3 heterocycles. The molecule has 1 saturated heterocycles. The molecular formula is C18H17F2N5OS. The maximum atomic E-state index is 13.3. The molecule has 1 aliphatic heterocycles. The largest absolute Gasteiger partial charge is 0.397 e. The van der Waals surface area contributed by atoms with Gasteiger partial charge in [0.15, 0.2) is 11.6 Å². The number of hydrogen-bond donors (Lipinski definition) is 2. The number of rotatable bonds is 3. The second kappa shape index (κ2) is 6.41. The molecule has 0 aliphatic carbocycles. The second-order valence-electron chi connectivity index (χ2n) is 6.61. The van der Waals surface area contributed by atoms with Gasteiger partial charge in [-0.25, -0.2) is 8.78 Å². The van der Waals surface area contributed by atoms with Crippen molar-refractivity contribution in [3.05, 3.63) is 46.0 Å². The summed E-state index contributed by atoms with van der Waals surface area (Å²) in [5.41, 5.74) is 8.89. The minimum atomic E-state index is -0.884. The lowest BCUT2D eigenvalue weighted by Crippen LogP contribution is -2.59. The van der Waals surface area contributed by atoms with Crippen LogP contribution in [-0.2, 0) is 0 Å². The number of nitrogens with zero attached hydrogens (tertiary/aromatic N) is 3. The number of carbonyl (C=O) groups is 1. The van der Waals surface area contributed by atoms with E-state index in [2.05, 4.69) is 15.5 Å². The first-order valence-corrected chi connectivity index (χ1v) is 9.19. The van der Waals surface area contributed by atoms with Crippen molar-refractivity contribution in [3.63, 3.8) is 0 Å². The number of nitrogens with one attached hydrogen (secondary N) is 1. The quantitative estimate of drug-likeness (QED) is 0.720. The number of thiophene rings is 1. The van der Waals surface area contributed by atoms with Crippen molar-refractivity contribution < 1.29 is 13.6 Å². The Labute approximate surface area is 158 Å². The number of carbonyl (C=O) groups excluding carboxylic acids is 1. The predicted octanol–water partition coefficient (Wildman–Crippen LogP) is 2.79. The van der Waals surface area contributed by atoms with Gasteiger partial charge in [0.2, 0.25) is 0 Å². The molecule has 0 spiro atoms. The van der Waals surface area contributed by atoms with Crippen LogP contribution in [0.4, 0.5) is 20.2 Å². The maximum absolute atomic E-state index is 13.3. The van der Waals surface area contributed by atoms with Crippen molar-refractivity contribution in [2.24, 2.45) is 0 Å². The Bertz CT molecular complexity index is 1060. The zero-order valence-electron chi connectivity index (χ0n) is 14.7. The van der Waals surface area contributed by atoms with E-state index < -0.39 is 11.6 Å². The van der Waals surface area contributed by atoms with Gasteiger partial charge in [0.1, 0.15) is 9.71 Å². The van der Waals surface area contributed by atoms with Crippen molar-refractivity contribution in [2.75, 3.05) is 23.7 Å². The number of aromatic nitrogens is 2. The molecule has 1 amide bonds. The smallest absolute Gasteiger partial charge is 0.263 e. The molecule has 6 nitrogen and oxygen atoms in total. The van der Waals surface area contributed by atoms with E-state index in [4.69, 9.17) is 5.73 Å². The van der Waals surface area contributed by atoms with E-state index in [0.717, 1.165) is 28.8 Å². The lowest BCUT2D eigenvalue weighted by molar-refractivity contribution is 0.0935. The normalized spacial score (nSPS) is 14.4. The summed E-state index contributed by atoms with van der Waals surface area (Å²) in [5.74, 6) is -2.02. The molecule has 0 atom stereocenters. The second-order valence-corrected chi connectivity index (χ2v) is 7.61. The highest BCUT2D eigenvalue weighted by Crippen LogP contribution is 2.35. The first kappa shape index (κ1) is 17.6. The number of halogens is 2. The van der Waals surface area contributed by atoms with Crippen molar-refractivity contribution in [1.29, 1.82) is 0 Å². The van der Waals surface area contributed by atoms with Crippen LogP contribution in [0.3, 0.4) is 0 Å². The zero-order chi connectivity index (χ0) is 19.3. The number of benzene rings is 1. The molecule has 0 bridgehead atoms. The maximum Gasteiger partial charge on any atom is 0.263 e. The topological polar surface area (TPSA) is 84.1 Å². The van der Waals surface area contributed by atoms with Crippen LogP contribution < -0.4 is 16.0 Å². The Balaban J connectivity index is 1.46. The monoisotopic (exact) mass is 389 g/mol. The van der Waals surface area contributed by atoms with Crippen LogP contribution >= 0.6 is 11.3 Å². The Kier molecular flexibility index (Phi) is 4.18. The third-order valence-electron chi connectivity index (χ3n) is 4.83. The first-order valence-electron chi connectivity index (χ1n) is 8.38. The zero-order valence-corrected chi connectivity index (χ0v) is 15.5. The average molecular weight is 389 g/mol. The molecule has 0 radical (unpaired) electrons. The minimum absolute atomic E-state index is 0.0934. The lowest BCUT2D eigenvalue weighted by atomic mass is 10.1. The third-order valence-corrected chi connectivity index (χ3v) is 5.91. The van der Waals surface area contributed by atoms with E-state index in [9.17, 15) is 13.6 Å². The van der Waals surface area contributed by atoms with Crippen molar-refractivity contribution in [2.45, 2.75) is 19.9 Å². The Morgan fingerprint density at radius 3 is 2.70 bits per heavy atom. The summed E-state index contributed by atoms with van der Waals surface area (Å²) in [6.45, 7) is 4.78. The molecule has 4 rings (SSSR count). The standard InChI is InChI=1S/C18H17F2N5OS/c1-8-9(2)23-24-18-14(8)15(21)16(27-18)17(26)22-10-6-25(7-10)11-3-4-12(19)13(20)5-11/h3-5,10H,6-7,21H2,1-2H3,(H,22,26). The number of hydrogen-bond acceptors (Lipinski definition) is 6. The van der Waals surface area contributed by atoms with Gasteiger partial charge >= 0.3 is 0 Å². The Morgan fingerprint density at radius 1 is 1.26 bits per heavy atom. The van der Waals surface area contributed by atoms with E-state index in [-0.39, 0.29) is 11.9 Å². The Hall–Kier alpha value is -2.81. The fraction of sp³-hybridized carbons (Fsp3) is 0.278. The minimum Gasteiger partial charge on any atom is -0.397 e. The van der Waals surface area contributed by atoms with Crippen LogP contribution in [0.1, 0.15) is 20.9 Å². The molecular weight excluding hydrogens is 372 g/mol. The van der Waals surface area contributed by atoms with Gasteiger partial charge in [-0.3, -0.25) is 4.79 Å². The number of amides is 1. The number of anilines is 2. The highest BCUT2D eigenvalue weighted by molar-refractivity contribution is 7.21. The van der Waals surface area contributed by atoms with Gasteiger partial charge in [0, 0.05) is 30.2 Å². The van der Waals surface area contributed by atoms with E-state index in [0.29, 0.717) is 34.2 Å². The fourth-order valence-electron chi connectivity index (χ4n) is 3.12. The molecule has 0 unspecified atom stereocenters.